The highest BCUT2D eigenvalue weighted by atomic mass is 32.1. The standard InChI is InChI=1S/C22H17F3N2O2S/c1-27-19(17-10-5-11-30-17)18(15-8-2-3-9-16(15)21(27)29)20(28)26-14-7-4-6-13(12-14)22(23,24)25/h2-12,18-19H,1H3,(H,26,28)/t18-,19+/m0/s1. The molecule has 0 aliphatic carbocycles. The highest BCUT2D eigenvalue weighted by Crippen LogP contribution is 2.44. The van der Waals surface area contributed by atoms with E-state index in [0.717, 1.165) is 17.0 Å². The first kappa shape index (κ1) is 20.2. The van der Waals surface area contributed by atoms with Gasteiger partial charge in [-0.2, -0.15) is 13.2 Å². The molecule has 4 nitrogen and oxygen atoms in total. The van der Waals surface area contributed by atoms with Gasteiger partial charge in [0.25, 0.3) is 5.91 Å². The van der Waals surface area contributed by atoms with Crippen LogP contribution in [0.2, 0.25) is 0 Å². The lowest BCUT2D eigenvalue weighted by Crippen LogP contribution is -2.43. The number of benzene rings is 2. The second-order valence-corrected chi connectivity index (χ2v) is 7.99. The number of halogens is 3. The van der Waals surface area contributed by atoms with E-state index in [1.54, 1.807) is 31.3 Å². The Hall–Kier alpha value is -3.13. The fourth-order valence-electron chi connectivity index (χ4n) is 3.77. The number of carbonyl (C=O) groups is 2. The van der Waals surface area contributed by atoms with Crippen LogP contribution in [-0.4, -0.2) is 23.8 Å². The molecule has 30 heavy (non-hydrogen) atoms. The van der Waals surface area contributed by atoms with Crippen LogP contribution < -0.4 is 5.32 Å². The van der Waals surface area contributed by atoms with Gasteiger partial charge in [0.05, 0.1) is 17.5 Å². The Bertz CT molecular complexity index is 1100. The van der Waals surface area contributed by atoms with Crippen LogP contribution in [0, 0.1) is 0 Å². The number of alkyl halides is 3. The lowest BCUT2D eigenvalue weighted by molar-refractivity contribution is -0.137. The summed E-state index contributed by atoms with van der Waals surface area (Å²) in [5.74, 6) is -1.44. The van der Waals surface area contributed by atoms with Crippen LogP contribution in [0.1, 0.15) is 38.3 Å². The average Bonchev–Trinajstić information content (AvgIpc) is 3.24. The Kier molecular flexibility index (Phi) is 5.11. The molecule has 2 amide bonds. The summed E-state index contributed by atoms with van der Waals surface area (Å²) in [7, 11) is 1.63. The van der Waals surface area contributed by atoms with E-state index in [9.17, 15) is 22.8 Å². The van der Waals surface area contributed by atoms with Crippen molar-refractivity contribution in [3.63, 3.8) is 0 Å². The largest absolute Gasteiger partial charge is 0.416 e. The average molecular weight is 430 g/mol. The molecule has 2 atom stereocenters. The van der Waals surface area contributed by atoms with Gasteiger partial charge in [0.15, 0.2) is 0 Å². The fraction of sp³-hybridized carbons (Fsp3) is 0.182. The maximum atomic E-state index is 13.3. The molecule has 1 N–H and O–H groups in total. The van der Waals surface area contributed by atoms with E-state index in [1.165, 1.54) is 28.4 Å². The molecule has 1 aromatic heterocycles. The molecular formula is C22H17F3N2O2S. The molecule has 0 bridgehead atoms. The molecule has 0 unspecified atom stereocenters. The zero-order chi connectivity index (χ0) is 21.5. The highest BCUT2D eigenvalue weighted by molar-refractivity contribution is 7.10. The number of amides is 2. The van der Waals surface area contributed by atoms with E-state index >= 15 is 0 Å². The number of thiophene rings is 1. The van der Waals surface area contributed by atoms with E-state index in [2.05, 4.69) is 5.32 Å². The van der Waals surface area contributed by atoms with Gasteiger partial charge in [-0.25, -0.2) is 0 Å². The van der Waals surface area contributed by atoms with Crippen LogP contribution in [0.4, 0.5) is 18.9 Å². The molecule has 1 aliphatic heterocycles. The van der Waals surface area contributed by atoms with Crippen molar-refractivity contribution in [3.05, 3.63) is 87.6 Å². The van der Waals surface area contributed by atoms with Crippen molar-refractivity contribution in [2.45, 2.75) is 18.1 Å². The quantitative estimate of drug-likeness (QED) is 0.612. The predicted molar refractivity (Wildman–Crippen MR) is 108 cm³/mol. The fourth-order valence-corrected chi connectivity index (χ4v) is 4.67. The minimum atomic E-state index is -4.51. The predicted octanol–water partition coefficient (Wildman–Crippen LogP) is 5.32. The minimum absolute atomic E-state index is 0.0526. The number of fused-ring (bicyclic) bond motifs is 1. The molecule has 0 spiro atoms. The first-order chi connectivity index (χ1) is 14.3. The Labute approximate surface area is 174 Å². The van der Waals surface area contributed by atoms with Crippen LogP contribution >= 0.6 is 11.3 Å². The first-order valence-corrected chi connectivity index (χ1v) is 10.0. The van der Waals surface area contributed by atoms with Crippen LogP contribution in [-0.2, 0) is 11.0 Å². The van der Waals surface area contributed by atoms with Gasteiger partial charge in [-0.15, -0.1) is 11.3 Å². The van der Waals surface area contributed by atoms with Crippen LogP contribution in [0.3, 0.4) is 0 Å². The van der Waals surface area contributed by atoms with Crippen molar-refractivity contribution in [2.24, 2.45) is 0 Å². The lowest BCUT2D eigenvalue weighted by Gasteiger charge is -2.39. The van der Waals surface area contributed by atoms with E-state index in [0.29, 0.717) is 11.1 Å². The Morgan fingerprint density at radius 2 is 1.83 bits per heavy atom. The third-order valence-corrected chi connectivity index (χ3v) is 6.10. The zero-order valence-electron chi connectivity index (χ0n) is 15.8. The molecule has 0 radical (unpaired) electrons. The third-order valence-electron chi connectivity index (χ3n) is 5.15. The number of carbonyl (C=O) groups excluding carboxylic acids is 2. The normalized spacial score (nSPS) is 18.8. The summed E-state index contributed by atoms with van der Waals surface area (Å²) >= 11 is 1.42. The topological polar surface area (TPSA) is 49.4 Å². The van der Waals surface area contributed by atoms with Crippen molar-refractivity contribution < 1.29 is 22.8 Å². The molecular weight excluding hydrogens is 413 g/mol. The molecule has 0 saturated carbocycles. The number of rotatable bonds is 3. The molecule has 4 rings (SSSR count). The van der Waals surface area contributed by atoms with Gasteiger partial charge in [0.1, 0.15) is 0 Å². The van der Waals surface area contributed by atoms with Crippen LogP contribution in [0.5, 0.6) is 0 Å². The van der Waals surface area contributed by atoms with Gasteiger partial charge >= 0.3 is 6.18 Å². The Balaban J connectivity index is 1.75. The SMILES string of the molecule is CN1C(=O)c2ccccc2[C@H](C(=O)Nc2cccc(C(F)(F)F)c2)[C@H]1c1cccs1. The Morgan fingerprint density at radius 3 is 2.53 bits per heavy atom. The van der Waals surface area contributed by atoms with Crippen molar-refractivity contribution >= 4 is 28.8 Å². The van der Waals surface area contributed by atoms with Gasteiger partial charge in [0, 0.05) is 23.2 Å². The van der Waals surface area contributed by atoms with E-state index in [-0.39, 0.29) is 11.6 Å². The smallest absolute Gasteiger partial charge is 0.333 e. The van der Waals surface area contributed by atoms with Crippen LogP contribution in [0.25, 0.3) is 0 Å². The summed E-state index contributed by atoms with van der Waals surface area (Å²) in [6.45, 7) is 0. The summed E-state index contributed by atoms with van der Waals surface area (Å²) in [5, 5.41) is 4.48. The first-order valence-electron chi connectivity index (χ1n) is 9.15. The van der Waals surface area contributed by atoms with Gasteiger partial charge in [0.2, 0.25) is 5.91 Å². The summed E-state index contributed by atoms with van der Waals surface area (Å²) in [6.07, 6.45) is -4.51. The number of hydrogen-bond donors (Lipinski definition) is 1. The van der Waals surface area contributed by atoms with Crippen molar-refractivity contribution in [1.29, 1.82) is 0 Å². The second-order valence-electron chi connectivity index (χ2n) is 7.01. The molecule has 2 aromatic carbocycles. The summed E-state index contributed by atoms with van der Waals surface area (Å²) in [6, 6.07) is 14.5. The summed E-state index contributed by atoms with van der Waals surface area (Å²) in [4.78, 5) is 28.5. The van der Waals surface area contributed by atoms with Gasteiger partial charge in [-0.1, -0.05) is 30.3 Å². The van der Waals surface area contributed by atoms with Gasteiger partial charge < -0.3 is 10.2 Å². The van der Waals surface area contributed by atoms with Gasteiger partial charge in [-0.05, 0) is 41.3 Å². The summed E-state index contributed by atoms with van der Waals surface area (Å²) in [5.41, 5.74) is 0.184. The maximum absolute atomic E-state index is 13.3. The number of nitrogens with zero attached hydrogens (tertiary/aromatic N) is 1. The minimum Gasteiger partial charge on any atom is -0.333 e. The summed E-state index contributed by atoms with van der Waals surface area (Å²) < 4.78 is 39.1. The zero-order valence-corrected chi connectivity index (χ0v) is 16.6. The van der Waals surface area contributed by atoms with E-state index in [1.807, 2.05) is 17.5 Å². The monoisotopic (exact) mass is 430 g/mol. The number of anilines is 1. The van der Waals surface area contributed by atoms with Crippen molar-refractivity contribution in [1.82, 2.24) is 4.90 Å². The highest BCUT2D eigenvalue weighted by Gasteiger charge is 2.43. The van der Waals surface area contributed by atoms with Crippen molar-refractivity contribution in [3.8, 4) is 0 Å². The second kappa shape index (κ2) is 7.60. The molecule has 2 heterocycles. The third kappa shape index (κ3) is 3.59. The van der Waals surface area contributed by atoms with Gasteiger partial charge in [-0.3, -0.25) is 9.59 Å². The molecule has 3 aromatic rings. The molecule has 8 heteroatoms. The van der Waals surface area contributed by atoms with Crippen molar-refractivity contribution in [2.75, 3.05) is 12.4 Å². The number of nitrogens with one attached hydrogen (secondary N) is 1. The molecule has 154 valence electrons. The van der Waals surface area contributed by atoms with E-state index < -0.39 is 29.6 Å². The Morgan fingerprint density at radius 1 is 1.07 bits per heavy atom. The number of hydrogen-bond acceptors (Lipinski definition) is 3. The lowest BCUT2D eigenvalue weighted by atomic mass is 9.81. The maximum Gasteiger partial charge on any atom is 0.416 e. The molecule has 0 fully saturated rings. The number of likely N-dealkylation sites (N-methyl/N-ethyl adjacent to an activating group) is 1. The van der Waals surface area contributed by atoms with Crippen LogP contribution in [0.15, 0.2) is 66.0 Å². The molecule has 1 aliphatic rings. The molecule has 0 saturated heterocycles. The van der Waals surface area contributed by atoms with E-state index in [4.69, 9.17) is 0 Å².